The maximum Gasteiger partial charge on any atom is 0.341 e. The molecule has 1 aromatic carbocycles. The molecule has 2 N–H and O–H groups in total. The molecule has 18 heavy (non-hydrogen) atoms. The summed E-state index contributed by atoms with van der Waals surface area (Å²) in [7, 11) is 0. The predicted molar refractivity (Wildman–Crippen MR) is 62.1 cm³/mol. The summed E-state index contributed by atoms with van der Waals surface area (Å²) in [5, 5.41) is 17.1. The fraction of sp³-hybridized carbons (Fsp3) is 0.333. The van der Waals surface area contributed by atoms with Gasteiger partial charge in [0.2, 0.25) is 0 Å². The Morgan fingerprint density at radius 3 is 2.11 bits per heavy atom. The molecular formula is C12H14O6. The number of carboxylic acids is 2. The zero-order valence-electron chi connectivity index (χ0n) is 9.88. The second-order valence-electron chi connectivity index (χ2n) is 3.50. The first kappa shape index (κ1) is 13.8. The smallest absolute Gasteiger partial charge is 0.341 e. The number of rotatable bonds is 7. The topological polar surface area (TPSA) is 93.1 Å². The Labute approximate surface area is 104 Å². The Balaban J connectivity index is 2.85. The molecule has 0 heterocycles. The first-order valence-electron chi connectivity index (χ1n) is 5.35. The molecule has 0 atom stereocenters. The van der Waals surface area contributed by atoms with Gasteiger partial charge < -0.3 is 19.7 Å². The van der Waals surface area contributed by atoms with Crippen LogP contribution in [0.4, 0.5) is 0 Å². The van der Waals surface area contributed by atoms with Crippen LogP contribution < -0.4 is 9.47 Å². The molecular weight excluding hydrogens is 240 g/mol. The summed E-state index contributed by atoms with van der Waals surface area (Å²) in [6.45, 7) is 0.930. The molecule has 0 saturated heterocycles. The Hall–Kier alpha value is -2.24. The van der Waals surface area contributed by atoms with Crippen LogP contribution in [0.2, 0.25) is 0 Å². The van der Waals surface area contributed by atoms with E-state index in [4.69, 9.17) is 19.7 Å². The number of hydrogen-bond donors (Lipinski definition) is 2. The minimum atomic E-state index is -1.11. The van der Waals surface area contributed by atoms with Gasteiger partial charge in [0.25, 0.3) is 0 Å². The van der Waals surface area contributed by atoms with E-state index in [2.05, 4.69) is 0 Å². The van der Waals surface area contributed by atoms with E-state index in [9.17, 15) is 9.59 Å². The Bertz CT molecular complexity index is 440. The molecule has 0 amide bonds. The zero-order valence-corrected chi connectivity index (χ0v) is 9.88. The fourth-order valence-corrected chi connectivity index (χ4v) is 1.28. The van der Waals surface area contributed by atoms with E-state index in [1.807, 2.05) is 6.92 Å². The van der Waals surface area contributed by atoms with Gasteiger partial charge >= 0.3 is 11.9 Å². The largest absolute Gasteiger partial charge is 0.479 e. The van der Waals surface area contributed by atoms with Crippen molar-refractivity contribution < 1.29 is 29.3 Å². The highest BCUT2D eigenvalue weighted by Crippen LogP contribution is 2.28. The van der Waals surface area contributed by atoms with Crippen molar-refractivity contribution in [1.82, 2.24) is 0 Å². The van der Waals surface area contributed by atoms with E-state index in [1.165, 1.54) is 0 Å². The van der Waals surface area contributed by atoms with E-state index in [1.54, 1.807) is 18.2 Å². The Kier molecular flexibility index (Phi) is 4.98. The van der Waals surface area contributed by atoms with Crippen LogP contribution in [0.5, 0.6) is 11.5 Å². The molecule has 0 fully saturated rings. The van der Waals surface area contributed by atoms with Crippen LogP contribution in [0.3, 0.4) is 0 Å². The lowest BCUT2D eigenvalue weighted by Crippen LogP contribution is -2.13. The van der Waals surface area contributed by atoms with Gasteiger partial charge in [0.05, 0.1) is 0 Å². The van der Waals surface area contributed by atoms with Gasteiger partial charge in [-0.3, -0.25) is 0 Å². The van der Waals surface area contributed by atoms with Gasteiger partial charge in [0, 0.05) is 0 Å². The second-order valence-corrected chi connectivity index (χ2v) is 3.50. The van der Waals surface area contributed by atoms with Crippen molar-refractivity contribution in [3.05, 3.63) is 23.8 Å². The maximum absolute atomic E-state index is 10.4. The summed E-state index contributed by atoms with van der Waals surface area (Å²) in [5.74, 6) is -1.77. The fourth-order valence-electron chi connectivity index (χ4n) is 1.28. The average molecular weight is 254 g/mol. The van der Waals surface area contributed by atoms with Crippen molar-refractivity contribution in [1.29, 1.82) is 0 Å². The molecule has 1 rings (SSSR count). The SMILES string of the molecule is CCc1ccc(OCC(=O)O)c(OCC(=O)O)c1. The number of aryl methyl sites for hydroxylation is 1. The van der Waals surface area contributed by atoms with Gasteiger partial charge in [-0.15, -0.1) is 0 Å². The molecule has 0 aliphatic carbocycles. The first-order valence-corrected chi connectivity index (χ1v) is 5.35. The number of benzene rings is 1. The van der Waals surface area contributed by atoms with Gasteiger partial charge in [-0.2, -0.15) is 0 Å². The summed E-state index contributed by atoms with van der Waals surface area (Å²) in [4.78, 5) is 20.9. The molecule has 0 saturated carbocycles. The normalized spacial score (nSPS) is 9.83. The zero-order chi connectivity index (χ0) is 13.5. The van der Waals surface area contributed by atoms with Crippen LogP contribution in [-0.2, 0) is 16.0 Å². The lowest BCUT2D eigenvalue weighted by atomic mass is 10.1. The van der Waals surface area contributed by atoms with Crippen LogP contribution in [-0.4, -0.2) is 35.4 Å². The van der Waals surface area contributed by atoms with Crippen molar-refractivity contribution in [2.75, 3.05) is 13.2 Å². The lowest BCUT2D eigenvalue weighted by molar-refractivity contribution is -0.140. The molecule has 0 aromatic heterocycles. The van der Waals surface area contributed by atoms with Crippen LogP contribution in [0.1, 0.15) is 12.5 Å². The second kappa shape index (κ2) is 6.48. The van der Waals surface area contributed by atoms with Gasteiger partial charge in [0.1, 0.15) is 0 Å². The van der Waals surface area contributed by atoms with E-state index in [0.717, 1.165) is 12.0 Å². The van der Waals surface area contributed by atoms with E-state index < -0.39 is 25.2 Å². The van der Waals surface area contributed by atoms with Gasteiger partial charge in [-0.1, -0.05) is 13.0 Å². The summed E-state index contributed by atoms with van der Waals surface area (Å²) in [5.41, 5.74) is 0.943. The maximum atomic E-state index is 10.4. The van der Waals surface area contributed by atoms with E-state index in [0.29, 0.717) is 0 Å². The number of carboxylic acid groups (broad SMARTS) is 2. The van der Waals surface area contributed by atoms with Crippen molar-refractivity contribution in [3.63, 3.8) is 0 Å². The van der Waals surface area contributed by atoms with Crippen molar-refractivity contribution in [2.45, 2.75) is 13.3 Å². The van der Waals surface area contributed by atoms with E-state index in [-0.39, 0.29) is 11.5 Å². The Morgan fingerprint density at radius 2 is 1.61 bits per heavy atom. The molecule has 0 bridgehead atoms. The number of carbonyl (C=O) groups is 2. The van der Waals surface area contributed by atoms with Crippen molar-refractivity contribution >= 4 is 11.9 Å². The quantitative estimate of drug-likeness (QED) is 0.758. The molecule has 0 spiro atoms. The van der Waals surface area contributed by atoms with E-state index >= 15 is 0 Å². The summed E-state index contributed by atoms with van der Waals surface area (Å²) >= 11 is 0. The van der Waals surface area contributed by atoms with Crippen LogP contribution in [0, 0.1) is 0 Å². The first-order chi connectivity index (χ1) is 8.52. The third-order valence-corrected chi connectivity index (χ3v) is 2.12. The highest BCUT2D eigenvalue weighted by Gasteiger charge is 2.09. The molecule has 6 heteroatoms. The van der Waals surface area contributed by atoms with Crippen LogP contribution in [0.15, 0.2) is 18.2 Å². The number of ether oxygens (including phenoxy) is 2. The monoisotopic (exact) mass is 254 g/mol. The molecule has 98 valence electrons. The van der Waals surface area contributed by atoms with Gasteiger partial charge in [-0.25, -0.2) is 9.59 Å². The summed E-state index contributed by atoms with van der Waals surface area (Å²) in [6, 6.07) is 4.98. The summed E-state index contributed by atoms with van der Waals surface area (Å²) in [6.07, 6.45) is 0.753. The number of hydrogen-bond acceptors (Lipinski definition) is 4. The molecule has 0 unspecified atom stereocenters. The highest BCUT2D eigenvalue weighted by atomic mass is 16.5. The standard InChI is InChI=1S/C12H14O6/c1-2-8-3-4-9(17-6-11(13)14)10(5-8)18-7-12(15)16/h3-5H,2,6-7H2,1H3,(H,13,14)(H,15,16). The highest BCUT2D eigenvalue weighted by molar-refractivity contribution is 5.69. The minimum absolute atomic E-state index is 0.218. The molecule has 0 radical (unpaired) electrons. The Morgan fingerprint density at radius 1 is 1.06 bits per heavy atom. The third kappa shape index (κ3) is 4.32. The molecule has 1 aromatic rings. The molecule has 6 nitrogen and oxygen atoms in total. The lowest BCUT2D eigenvalue weighted by Gasteiger charge is -2.11. The molecule has 0 aliphatic rings. The van der Waals surface area contributed by atoms with Crippen molar-refractivity contribution in [2.24, 2.45) is 0 Å². The average Bonchev–Trinajstić information content (AvgIpc) is 2.34. The summed E-state index contributed by atoms with van der Waals surface area (Å²) < 4.78 is 10.1. The van der Waals surface area contributed by atoms with Gasteiger partial charge in [0.15, 0.2) is 24.7 Å². The minimum Gasteiger partial charge on any atom is -0.479 e. The van der Waals surface area contributed by atoms with Crippen molar-refractivity contribution in [3.8, 4) is 11.5 Å². The molecule has 0 aliphatic heterocycles. The van der Waals surface area contributed by atoms with Crippen LogP contribution in [0.25, 0.3) is 0 Å². The van der Waals surface area contributed by atoms with Crippen LogP contribution >= 0.6 is 0 Å². The third-order valence-electron chi connectivity index (χ3n) is 2.12. The number of aliphatic carboxylic acids is 2. The predicted octanol–water partition coefficient (Wildman–Crippen LogP) is 1.18. The van der Waals surface area contributed by atoms with Gasteiger partial charge in [-0.05, 0) is 24.1 Å².